The Morgan fingerprint density at radius 2 is 1.20 bits per heavy atom. The van der Waals surface area contributed by atoms with Crippen LogP contribution in [0.15, 0.2) is 45.5 Å². The molecule has 134 valence electrons. The van der Waals surface area contributed by atoms with E-state index in [-0.39, 0.29) is 0 Å². The third-order valence-electron chi connectivity index (χ3n) is 3.14. The van der Waals surface area contributed by atoms with E-state index in [2.05, 4.69) is 6.58 Å². The summed E-state index contributed by atoms with van der Waals surface area (Å²) in [5.41, 5.74) is 0.457. The summed E-state index contributed by atoms with van der Waals surface area (Å²) in [7, 11) is -10.8. The molecule has 0 heterocycles. The molecule has 25 heavy (non-hydrogen) atoms. The summed E-state index contributed by atoms with van der Waals surface area (Å²) in [5.74, 6) is -10.1. The van der Waals surface area contributed by atoms with Crippen molar-refractivity contribution in [3.8, 4) is 0 Å². The first-order valence-corrected chi connectivity index (χ1v) is 9.16. The minimum absolute atomic E-state index is 0.457. The minimum Gasteiger partial charge on any atom is -0.282 e. The molecule has 2 aromatic carbocycles. The predicted octanol–water partition coefficient (Wildman–Crippen LogP) is 2.97. The molecule has 0 radical (unpaired) electrons. The van der Waals surface area contributed by atoms with Gasteiger partial charge in [-0.05, 0) is 17.7 Å². The third-order valence-corrected chi connectivity index (χ3v) is 5.80. The zero-order chi connectivity index (χ0) is 19.2. The lowest BCUT2D eigenvalue weighted by atomic mass is 10.2. The van der Waals surface area contributed by atoms with Crippen molar-refractivity contribution in [1.82, 2.24) is 0 Å². The molecule has 11 heteroatoms. The lowest BCUT2D eigenvalue weighted by molar-refractivity contribution is 0.380. The number of benzene rings is 2. The molecule has 0 spiro atoms. The number of hydrogen-bond acceptors (Lipinski definition) is 4. The van der Waals surface area contributed by atoms with Gasteiger partial charge in [0, 0.05) is 0 Å². The van der Waals surface area contributed by atoms with Crippen molar-refractivity contribution in [1.29, 1.82) is 0 Å². The average molecular weight is 396 g/mol. The fourth-order valence-electron chi connectivity index (χ4n) is 1.95. The van der Waals surface area contributed by atoms with Gasteiger partial charge in [-0.1, -0.05) is 24.8 Å². The summed E-state index contributed by atoms with van der Waals surface area (Å²) in [4.78, 5) is -5.03. The molecule has 1 N–H and O–H groups in total. The van der Waals surface area contributed by atoms with Gasteiger partial charge in [-0.3, -0.25) is 4.55 Å². The second-order valence-corrected chi connectivity index (χ2v) is 7.91. The van der Waals surface area contributed by atoms with Gasteiger partial charge in [0.25, 0.3) is 0 Å². The highest BCUT2D eigenvalue weighted by molar-refractivity contribution is 7.91. The molecule has 2 rings (SSSR count). The van der Waals surface area contributed by atoms with E-state index in [1.165, 1.54) is 18.2 Å². The molecule has 0 aliphatic carbocycles. The van der Waals surface area contributed by atoms with Crippen molar-refractivity contribution >= 4 is 26.0 Å². The van der Waals surface area contributed by atoms with Gasteiger partial charge in [0.15, 0.2) is 28.2 Å². The molecule has 0 saturated heterocycles. The quantitative estimate of drug-likeness (QED) is 0.488. The fraction of sp³-hybridized carbons (Fsp3) is 0. The maximum atomic E-state index is 14.0. The minimum atomic E-state index is -5.68. The third kappa shape index (κ3) is 3.17. The zero-order valence-corrected chi connectivity index (χ0v) is 13.6. The molecule has 0 saturated carbocycles. The van der Waals surface area contributed by atoms with Crippen LogP contribution in [0.1, 0.15) is 5.56 Å². The number of rotatable bonds is 4. The molecule has 0 unspecified atom stereocenters. The summed E-state index contributed by atoms with van der Waals surface area (Å²) in [6.07, 6.45) is 1.35. The fourth-order valence-corrected chi connectivity index (χ4v) is 3.97. The molecule has 0 bridgehead atoms. The first kappa shape index (κ1) is 19.1. The highest BCUT2D eigenvalue weighted by Crippen LogP contribution is 2.33. The maximum Gasteiger partial charge on any atom is 0.300 e. The normalized spacial score (nSPS) is 12.2. The molecule has 0 aromatic heterocycles. The van der Waals surface area contributed by atoms with Gasteiger partial charge in [-0.15, -0.1) is 0 Å². The van der Waals surface area contributed by atoms with E-state index in [1.54, 1.807) is 0 Å². The van der Waals surface area contributed by atoms with E-state index in [0.29, 0.717) is 5.56 Å². The van der Waals surface area contributed by atoms with Crippen molar-refractivity contribution < 1.29 is 39.0 Å². The highest BCUT2D eigenvalue weighted by atomic mass is 32.2. The van der Waals surface area contributed by atoms with E-state index >= 15 is 0 Å². The van der Waals surface area contributed by atoms with Crippen molar-refractivity contribution in [2.75, 3.05) is 0 Å². The molecule has 0 amide bonds. The van der Waals surface area contributed by atoms with Crippen LogP contribution in [0, 0.1) is 23.3 Å². The van der Waals surface area contributed by atoms with Crippen LogP contribution in [0.25, 0.3) is 6.08 Å². The summed E-state index contributed by atoms with van der Waals surface area (Å²) in [6.45, 7) is 3.42. The average Bonchev–Trinajstić information content (AvgIpc) is 2.52. The highest BCUT2D eigenvalue weighted by Gasteiger charge is 2.37. The first-order valence-electron chi connectivity index (χ1n) is 6.24. The summed E-state index contributed by atoms with van der Waals surface area (Å²) in [5, 5.41) is 0. The number of sulfone groups is 1. The monoisotopic (exact) mass is 396 g/mol. The van der Waals surface area contributed by atoms with Gasteiger partial charge in [0.2, 0.25) is 9.84 Å². The molecule has 5 nitrogen and oxygen atoms in total. The van der Waals surface area contributed by atoms with Crippen molar-refractivity contribution in [3.63, 3.8) is 0 Å². The van der Waals surface area contributed by atoms with Gasteiger partial charge in [-0.2, -0.15) is 8.42 Å². The largest absolute Gasteiger partial charge is 0.300 e. The number of hydrogen-bond donors (Lipinski definition) is 1. The molecule has 2 aromatic rings. The van der Waals surface area contributed by atoms with Crippen LogP contribution in [-0.2, 0) is 20.0 Å². The Balaban J connectivity index is 2.85. The molecule has 0 aliphatic heterocycles. The van der Waals surface area contributed by atoms with Crippen LogP contribution in [0.4, 0.5) is 17.6 Å². The maximum absolute atomic E-state index is 14.0. The second kappa shape index (κ2) is 6.24. The Morgan fingerprint density at radius 1 is 0.800 bits per heavy atom. The summed E-state index contributed by atoms with van der Waals surface area (Å²) in [6, 6.07) is 4.26. The lowest BCUT2D eigenvalue weighted by Gasteiger charge is -2.11. The first-order chi connectivity index (χ1) is 11.4. The smallest absolute Gasteiger partial charge is 0.282 e. The van der Waals surface area contributed by atoms with Crippen LogP contribution >= 0.6 is 0 Å². The molecule has 0 atom stereocenters. The van der Waals surface area contributed by atoms with Crippen LogP contribution in [0.2, 0.25) is 0 Å². The van der Waals surface area contributed by atoms with E-state index in [0.717, 1.165) is 12.1 Å². The number of halogens is 4. The molecular formula is C14H8F4O5S2. The van der Waals surface area contributed by atoms with Gasteiger partial charge in [-0.25, -0.2) is 26.0 Å². The summed E-state index contributed by atoms with van der Waals surface area (Å²) < 4.78 is 111. The van der Waals surface area contributed by atoms with Crippen molar-refractivity contribution in [2.45, 2.75) is 14.7 Å². The second-order valence-electron chi connectivity index (χ2n) is 4.67. The topological polar surface area (TPSA) is 88.5 Å². The Labute approximate surface area is 139 Å². The van der Waals surface area contributed by atoms with E-state index in [1.807, 2.05) is 0 Å². The Bertz CT molecular complexity index is 1050. The summed E-state index contributed by atoms with van der Waals surface area (Å²) >= 11 is 0. The van der Waals surface area contributed by atoms with E-state index in [9.17, 15) is 34.4 Å². The van der Waals surface area contributed by atoms with Crippen LogP contribution in [0.3, 0.4) is 0 Å². The predicted molar refractivity (Wildman–Crippen MR) is 78.1 cm³/mol. The van der Waals surface area contributed by atoms with Gasteiger partial charge in [0.05, 0.1) is 4.90 Å². The molecule has 0 aliphatic rings. The zero-order valence-electron chi connectivity index (χ0n) is 12.0. The SMILES string of the molecule is C=Cc1ccc(S(=O)(=O)c2c(F)c(F)c(S(=O)(=O)O)c(F)c2F)cc1. The Hall–Kier alpha value is -2.24. The van der Waals surface area contributed by atoms with Crippen LogP contribution in [0.5, 0.6) is 0 Å². The van der Waals surface area contributed by atoms with Crippen molar-refractivity contribution in [3.05, 3.63) is 59.7 Å². The Kier molecular flexibility index (Phi) is 4.77. The molecular weight excluding hydrogens is 388 g/mol. The lowest BCUT2D eigenvalue weighted by Crippen LogP contribution is -2.16. The van der Waals surface area contributed by atoms with Crippen LogP contribution in [-0.4, -0.2) is 21.4 Å². The Morgan fingerprint density at radius 3 is 1.56 bits per heavy atom. The van der Waals surface area contributed by atoms with Gasteiger partial charge >= 0.3 is 10.1 Å². The molecule has 0 fully saturated rings. The van der Waals surface area contributed by atoms with E-state index < -0.39 is 57.9 Å². The van der Waals surface area contributed by atoms with E-state index in [4.69, 9.17) is 4.55 Å². The van der Waals surface area contributed by atoms with Crippen LogP contribution < -0.4 is 0 Å². The standard InChI is InChI=1S/C14H8F4O5S2/c1-2-7-3-5-8(6-4-7)24(19,20)13-9(15)11(17)14(25(21,22)23)12(18)10(13)16/h2-6H,1H2,(H,21,22,23). The van der Waals surface area contributed by atoms with Crippen molar-refractivity contribution in [2.24, 2.45) is 0 Å². The van der Waals surface area contributed by atoms with Gasteiger partial charge < -0.3 is 0 Å². The van der Waals surface area contributed by atoms with Gasteiger partial charge in [0.1, 0.15) is 4.90 Å².